The molecule has 5 atom stereocenters. The number of aliphatic hydroxyl groups is 1. The zero-order chi connectivity index (χ0) is 28.0. The highest BCUT2D eigenvalue weighted by Gasteiger charge is 2.57. The van der Waals surface area contributed by atoms with E-state index < -0.39 is 36.2 Å². The molecule has 9 heteroatoms. The van der Waals surface area contributed by atoms with Crippen LogP contribution in [0.15, 0.2) is 18.2 Å². The van der Waals surface area contributed by atoms with Crippen LogP contribution >= 0.6 is 11.6 Å². The minimum absolute atomic E-state index is 0.0695. The van der Waals surface area contributed by atoms with Gasteiger partial charge in [-0.25, -0.2) is 4.79 Å². The first-order valence-corrected chi connectivity index (χ1v) is 14.6. The molecule has 0 bridgehead atoms. The molecular formula is C29H47ClO8. The van der Waals surface area contributed by atoms with Gasteiger partial charge in [-0.3, -0.25) is 0 Å². The molecule has 0 aliphatic carbocycles. The van der Waals surface area contributed by atoms with E-state index in [1.54, 1.807) is 6.07 Å². The lowest BCUT2D eigenvalue weighted by molar-refractivity contribution is -0.375. The molecule has 1 aliphatic heterocycles. The summed E-state index contributed by atoms with van der Waals surface area (Å²) in [6.07, 6.45) is 4.34. The monoisotopic (exact) mass is 558 g/mol. The molecule has 218 valence electrons. The second-order valence-corrected chi connectivity index (χ2v) is 10.2. The number of hydrogen-bond acceptors (Lipinski definition) is 7. The van der Waals surface area contributed by atoms with Crippen LogP contribution in [0.1, 0.15) is 95.0 Å². The van der Waals surface area contributed by atoms with Crippen LogP contribution in [0.3, 0.4) is 0 Å². The van der Waals surface area contributed by atoms with E-state index in [4.69, 9.17) is 35.3 Å². The largest absolute Gasteiger partial charge is 0.478 e. The standard InChI is InChI=1S/C29H47ClO8/c1-5-9-15-34-20-24-25(35-16-10-6-2)26(36-17-11-7-3)27(37-18-12-8-4)29(33,38-24)21-13-14-23(30)22(19-21)28(31)32/h13-14,19,24-27,33H,5-12,15-18,20H2,1-4H3,(H,31,32)/t24?,25-,26?,27-,29?/m1/s1. The number of rotatable bonds is 19. The number of carboxylic acid groups (broad SMARTS) is 1. The van der Waals surface area contributed by atoms with Gasteiger partial charge in [0.25, 0.3) is 0 Å². The highest BCUT2D eigenvalue weighted by Crippen LogP contribution is 2.41. The van der Waals surface area contributed by atoms with Gasteiger partial charge in [0.2, 0.25) is 5.79 Å². The van der Waals surface area contributed by atoms with Crippen LogP contribution in [-0.4, -0.2) is 73.6 Å². The van der Waals surface area contributed by atoms with Crippen LogP contribution in [0, 0.1) is 0 Å². The highest BCUT2D eigenvalue weighted by molar-refractivity contribution is 6.33. The van der Waals surface area contributed by atoms with Gasteiger partial charge in [0, 0.05) is 32.0 Å². The number of halogens is 1. The maximum atomic E-state index is 12.2. The Labute approximate surface area is 232 Å². The third-order valence-corrected chi connectivity index (χ3v) is 6.98. The van der Waals surface area contributed by atoms with E-state index in [0.29, 0.717) is 26.4 Å². The van der Waals surface area contributed by atoms with Crippen molar-refractivity contribution in [2.45, 2.75) is 109 Å². The van der Waals surface area contributed by atoms with Crippen LogP contribution in [0.25, 0.3) is 0 Å². The smallest absolute Gasteiger partial charge is 0.337 e. The lowest BCUT2D eigenvalue weighted by Crippen LogP contribution is -2.66. The van der Waals surface area contributed by atoms with E-state index in [1.807, 2.05) is 0 Å². The summed E-state index contributed by atoms with van der Waals surface area (Å²) in [7, 11) is 0. The van der Waals surface area contributed by atoms with Crippen LogP contribution < -0.4 is 0 Å². The van der Waals surface area contributed by atoms with E-state index in [1.165, 1.54) is 12.1 Å². The maximum absolute atomic E-state index is 12.2. The van der Waals surface area contributed by atoms with Crippen molar-refractivity contribution >= 4 is 17.6 Å². The van der Waals surface area contributed by atoms with E-state index >= 15 is 0 Å². The molecule has 0 saturated carbocycles. The molecule has 38 heavy (non-hydrogen) atoms. The number of carboxylic acids is 1. The van der Waals surface area contributed by atoms with Gasteiger partial charge in [-0.15, -0.1) is 0 Å². The van der Waals surface area contributed by atoms with Gasteiger partial charge in [-0.1, -0.05) is 71.0 Å². The summed E-state index contributed by atoms with van der Waals surface area (Å²) in [4.78, 5) is 11.9. The molecule has 1 saturated heterocycles. The Morgan fingerprint density at radius 2 is 1.45 bits per heavy atom. The zero-order valence-electron chi connectivity index (χ0n) is 23.5. The quantitative estimate of drug-likeness (QED) is 0.201. The number of benzene rings is 1. The van der Waals surface area contributed by atoms with Gasteiger partial charge in [0.1, 0.15) is 24.4 Å². The first-order chi connectivity index (χ1) is 18.3. The van der Waals surface area contributed by atoms with Gasteiger partial charge in [0.15, 0.2) is 0 Å². The molecule has 1 aromatic carbocycles. The van der Waals surface area contributed by atoms with Crippen molar-refractivity contribution in [2.24, 2.45) is 0 Å². The summed E-state index contributed by atoms with van der Waals surface area (Å²) in [5.74, 6) is -3.21. The molecule has 0 radical (unpaired) electrons. The first-order valence-electron chi connectivity index (χ1n) is 14.2. The normalized spacial score (nSPS) is 25.5. The Bertz CT molecular complexity index is 822. The fourth-order valence-electron chi connectivity index (χ4n) is 4.36. The van der Waals surface area contributed by atoms with Crippen LogP contribution in [0.2, 0.25) is 5.02 Å². The molecule has 1 aliphatic rings. The molecule has 0 aromatic heterocycles. The fraction of sp³-hybridized carbons (Fsp3) is 0.759. The summed E-state index contributed by atoms with van der Waals surface area (Å²) in [6, 6.07) is 4.37. The highest BCUT2D eigenvalue weighted by atomic mass is 35.5. The van der Waals surface area contributed by atoms with Crippen molar-refractivity contribution < 1.29 is 38.7 Å². The Hall–Kier alpha value is -1.26. The van der Waals surface area contributed by atoms with E-state index in [9.17, 15) is 15.0 Å². The van der Waals surface area contributed by atoms with Crippen molar-refractivity contribution in [1.82, 2.24) is 0 Å². The summed E-state index contributed by atoms with van der Waals surface area (Å²) in [5, 5.41) is 22.0. The molecule has 3 unspecified atom stereocenters. The molecule has 1 fully saturated rings. The summed E-state index contributed by atoms with van der Waals surface area (Å²) >= 11 is 6.15. The van der Waals surface area contributed by atoms with E-state index in [2.05, 4.69) is 27.7 Å². The van der Waals surface area contributed by atoms with Crippen LogP contribution in [-0.2, 0) is 29.5 Å². The number of unbranched alkanes of at least 4 members (excludes halogenated alkanes) is 4. The van der Waals surface area contributed by atoms with Crippen LogP contribution in [0.4, 0.5) is 0 Å². The average molecular weight is 559 g/mol. The topological polar surface area (TPSA) is 104 Å². The number of hydrogen-bond donors (Lipinski definition) is 2. The lowest BCUT2D eigenvalue weighted by Gasteiger charge is -2.50. The Kier molecular flexibility index (Phi) is 15.1. The van der Waals surface area contributed by atoms with E-state index in [0.717, 1.165) is 51.4 Å². The summed E-state index contributed by atoms with van der Waals surface area (Å²) in [6.45, 7) is 10.4. The second-order valence-electron chi connectivity index (χ2n) is 9.80. The van der Waals surface area contributed by atoms with Gasteiger partial charge in [0.05, 0.1) is 17.2 Å². The SMILES string of the molecule is CCCCOCC1OC(O)(c2ccc(Cl)c(C(=O)O)c2)[C@H](OCCCC)C(OCCCC)[C@@H]1OCCCC. The molecule has 8 nitrogen and oxygen atoms in total. The average Bonchev–Trinajstić information content (AvgIpc) is 2.89. The molecule has 0 amide bonds. The number of ether oxygens (including phenoxy) is 5. The van der Waals surface area contributed by atoms with Gasteiger partial charge in [-0.05, 0) is 37.8 Å². The Morgan fingerprint density at radius 3 is 2.03 bits per heavy atom. The predicted octanol–water partition coefficient (Wildman–Crippen LogP) is 5.95. The van der Waals surface area contributed by atoms with Crippen molar-refractivity contribution in [3.63, 3.8) is 0 Å². The van der Waals surface area contributed by atoms with Crippen molar-refractivity contribution in [2.75, 3.05) is 33.0 Å². The minimum atomic E-state index is -2.01. The lowest BCUT2D eigenvalue weighted by atomic mass is 9.87. The third kappa shape index (κ3) is 9.15. The molecule has 1 aromatic rings. The van der Waals surface area contributed by atoms with Gasteiger partial charge < -0.3 is 33.9 Å². The molecule has 2 rings (SSSR count). The van der Waals surface area contributed by atoms with Gasteiger partial charge >= 0.3 is 5.97 Å². The van der Waals surface area contributed by atoms with E-state index in [-0.39, 0.29) is 22.8 Å². The van der Waals surface area contributed by atoms with Crippen molar-refractivity contribution in [3.8, 4) is 0 Å². The summed E-state index contributed by atoms with van der Waals surface area (Å²) < 4.78 is 31.4. The van der Waals surface area contributed by atoms with Crippen molar-refractivity contribution in [3.05, 3.63) is 34.3 Å². The number of aromatic carboxylic acids is 1. The Morgan fingerprint density at radius 1 is 0.895 bits per heavy atom. The second kappa shape index (κ2) is 17.4. The molecular weight excluding hydrogens is 512 g/mol. The van der Waals surface area contributed by atoms with Gasteiger partial charge in [-0.2, -0.15) is 0 Å². The maximum Gasteiger partial charge on any atom is 0.337 e. The molecule has 1 heterocycles. The van der Waals surface area contributed by atoms with Crippen molar-refractivity contribution in [1.29, 1.82) is 0 Å². The Balaban J connectivity index is 2.56. The third-order valence-electron chi connectivity index (χ3n) is 6.65. The predicted molar refractivity (Wildman–Crippen MR) is 147 cm³/mol. The molecule has 2 N–H and O–H groups in total. The minimum Gasteiger partial charge on any atom is -0.478 e. The zero-order valence-corrected chi connectivity index (χ0v) is 24.2. The number of carbonyl (C=O) groups is 1. The fourth-order valence-corrected chi connectivity index (χ4v) is 4.56. The van der Waals surface area contributed by atoms with Crippen LogP contribution in [0.5, 0.6) is 0 Å². The summed E-state index contributed by atoms with van der Waals surface area (Å²) in [5.41, 5.74) is 0.101. The molecule has 0 spiro atoms. The first kappa shape index (κ1) is 32.9.